The lowest BCUT2D eigenvalue weighted by atomic mass is 9.25. The fraction of sp³-hybridized carbons (Fsp3) is 0.740. The molecule has 1 aromatic carbocycles. The molecule has 1 unspecified atom stereocenters. The van der Waals surface area contributed by atoms with Gasteiger partial charge in [0.2, 0.25) is 0 Å². The molecule has 6 nitrogen and oxygen atoms in total. The van der Waals surface area contributed by atoms with Gasteiger partial charge in [0.05, 0.1) is 24.9 Å². The van der Waals surface area contributed by atoms with Crippen molar-refractivity contribution in [3.8, 4) is 11.8 Å². The molecule has 16 atom stereocenters. The highest BCUT2D eigenvalue weighted by Gasteiger charge is 2.84. The van der Waals surface area contributed by atoms with Gasteiger partial charge < -0.3 is 25.5 Å². The van der Waals surface area contributed by atoms with Crippen molar-refractivity contribution in [3.63, 3.8) is 0 Å². The van der Waals surface area contributed by atoms with Gasteiger partial charge in [0.25, 0.3) is 0 Å². The third-order valence-corrected chi connectivity index (χ3v) is 20.9. The van der Waals surface area contributed by atoms with Crippen LogP contribution >= 0.6 is 0 Å². The Morgan fingerprint density at radius 2 is 1.62 bits per heavy atom. The van der Waals surface area contributed by atoms with E-state index in [4.69, 9.17) is 0 Å². The van der Waals surface area contributed by atoms with Crippen LogP contribution in [0.1, 0.15) is 124 Å². The van der Waals surface area contributed by atoms with Crippen molar-refractivity contribution in [3.05, 3.63) is 46.4 Å². The van der Waals surface area contributed by atoms with Crippen molar-refractivity contribution in [1.29, 1.82) is 0 Å². The standard InChI is InChI=1S/C50H64O6/c1-43-16-6-9-19-48(56)22-13-33-42(55)50(48,46(29-43)17-7-8-18-46)36(27-43)35-26-37(52)41-47(45(33,35)3)20-12-32-24-30-10-4-5-11-31(30)25-34(32)49(41)23-15-39(53)44(2,40(54)28-51)38(49)14-21-47/h4-5,10-11,24-26,32-34,36,38-42,51,53-56H,6-8,12-18,20-23,27-29H2,1-3H3/t32-,33-,34+,36+,38+,39-,40+,41?,42-,43+,44-,45+,47+,48-,49-,50+/m0/s1. The van der Waals surface area contributed by atoms with Gasteiger partial charge >= 0.3 is 0 Å². The van der Waals surface area contributed by atoms with E-state index in [0.717, 1.165) is 77.0 Å². The Bertz CT molecular complexity index is 2100. The van der Waals surface area contributed by atoms with Crippen molar-refractivity contribution in [2.45, 2.75) is 147 Å². The van der Waals surface area contributed by atoms with E-state index in [9.17, 15) is 25.5 Å². The Balaban J connectivity index is 1.19. The van der Waals surface area contributed by atoms with E-state index in [1.165, 1.54) is 16.0 Å². The van der Waals surface area contributed by atoms with Gasteiger partial charge in [-0.15, -0.1) is 5.92 Å². The van der Waals surface area contributed by atoms with Crippen LogP contribution in [-0.2, 0) is 4.79 Å². The molecule has 1 aromatic rings. The molecule has 11 aliphatic rings. The minimum Gasteiger partial charge on any atom is -0.394 e. The van der Waals surface area contributed by atoms with Crippen molar-refractivity contribution in [2.75, 3.05) is 6.61 Å². The first-order valence-corrected chi connectivity index (χ1v) is 22.6. The fourth-order valence-electron chi connectivity index (χ4n) is 19.1. The summed E-state index contributed by atoms with van der Waals surface area (Å²) in [5, 5.41) is 63.8. The van der Waals surface area contributed by atoms with Crippen LogP contribution in [0.2, 0.25) is 0 Å². The van der Waals surface area contributed by atoms with Crippen molar-refractivity contribution in [1.82, 2.24) is 0 Å². The quantitative estimate of drug-likeness (QED) is 0.251. The molecule has 0 heterocycles. The molecule has 0 radical (unpaired) electrons. The molecule has 0 aromatic heterocycles. The SMILES string of the molecule is C[C@@]12CCC#C[C@]3(O)CC[C@H]4[C@H](O)[C@]3([C@H](C1)C1=CC(=O)C3[C@]56CC[C@H](O)[C@@](C)([C@H](O)CO)[C@H]5CC[C@@]3(CC[C@H]3C=c5ccccc5=C[C@H]36)[C@@]14C)C1(CCCC1)C2. The van der Waals surface area contributed by atoms with Crippen LogP contribution in [0.4, 0.5) is 0 Å². The van der Waals surface area contributed by atoms with Gasteiger partial charge in [0, 0.05) is 28.6 Å². The largest absolute Gasteiger partial charge is 0.394 e. The summed E-state index contributed by atoms with van der Waals surface area (Å²) in [6, 6.07) is 8.62. The highest BCUT2D eigenvalue weighted by atomic mass is 16.3. The third kappa shape index (κ3) is 3.90. The topological polar surface area (TPSA) is 118 Å². The number of fused-ring (bicyclic) bond motifs is 7. The zero-order valence-electron chi connectivity index (χ0n) is 33.9. The van der Waals surface area contributed by atoms with Gasteiger partial charge in [-0.05, 0) is 151 Å². The summed E-state index contributed by atoms with van der Waals surface area (Å²) in [6.07, 6.45) is 18.0. The Kier molecular flexibility index (Phi) is 7.56. The number of allylic oxidation sites excluding steroid dienone is 2. The van der Waals surface area contributed by atoms with Crippen molar-refractivity contribution in [2.24, 2.45) is 73.4 Å². The van der Waals surface area contributed by atoms with Crippen LogP contribution in [0.25, 0.3) is 12.2 Å². The zero-order valence-corrected chi connectivity index (χ0v) is 33.9. The molecule has 0 aliphatic heterocycles. The number of hydrogen-bond acceptors (Lipinski definition) is 6. The molecule has 7 fully saturated rings. The average Bonchev–Trinajstić information content (AvgIpc) is 3.64. The molecular weight excluding hydrogens is 697 g/mol. The van der Waals surface area contributed by atoms with Crippen molar-refractivity contribution < 1.29 is 30.3 Å². The van der Waals surface area contributed by atoms with E-state index in [1.54, 1.807) is 0 Å². The summed E-state index contributed by atoms with van der Waals surface area (Å²) in [5.41, 5.74) is -3.61. The van der Waals surface area contributed by atoms with E-state index in [0.29, 0.717) is 25.7 Å². The summed E-state index contributed by atoms with van der Waals surface area (Å²) in [7, 11) is 0. The highest BCUT2D eigenvalue weighted by molar-refractivity contribution is 5.96. The molecule has 12 rings (SSSR count). The molecule has 5 bridgehead atoms. The average molecular weight is 761 g/mol. The van der Waals surface area contributed by atoms with Crippen LogP contribution in [-0.4, -0.2) is 61.8 Å². The van der Waals surface area contributed by atoms with Gasteiger partial charge in [0.1, 0.15) is 5.60 Å². The van der Waals surface area contributed by atoms with Crippen LogP contribution in [0.5, 0.6) is 0 Å². The van der Waals surface area contributed by atoms with E-state index in [1.807, 2.05) is 6.92 Å². The Morgan fingerprint density at radius 1 is 0.893 bits per heavy atom. The molecule has 11 aliphatic carbocycles. The van der Waals surface area contributed by atoms with Gasteiger partial charge in [0.15, 0.2) is 5.78 Å². The molecule has 0 amide bonds. The minimum atomic E-state index is -1.31. The number of carbonyl (C=O) groups is 1. The Morgan fingerprint density at radius 3 is 2.38 bits per heavy atom. The van der Waals surface area contributed by atoms with Crippen LogP contribution in [0, 0.1) is 85.3 Å². The maximum atomic E-state index is 16.1. The zero-order chi connectivity index (χ0) is 38.9. The fourth-order valence-corrected chi connectivity index (χ4v) is 19.1. The van der Waals surface area contributed by atoms with E-state index in [2.05, 4.69) is 68.2 Å². The maximum Gasteiger partial charge on any atom is 0.159 e. The second-order valence-electron chi connectivity index (χ2n) is 22.2. The number of ketones is 1. The van der Waals surface area contributed by atoms with E-state index >= 15 is 4.79 Å². The van der Waals surface area contributed by atoms with Gasteiger partial charge in [-0.1, -0.05) is 81.5 Å². The number of rotatable bonds is 2. The number of carbonyl (C=O) groups excluding carboxylic acids is 1. The molecule has 7 saturated carbocycles. The number of aliphatic hydroxyl groups excluding tert-OH is 4. The summed E-state index contributed by atoms with van der Waals surface area (Å²) >= 11 is 0. The number of aliphatic hydroxyl groups is 5. The molecule has 300 valence electrons. The van der Waals surface area contributed by atoms with Crippen LogP contribution in [0.15, 0.2) is 35.9 Å². The molecule has 3 spiro atoms. The first kappa shape index (κ1) is 36.8. The lowest BCUT2D eigenvalue weighted by Gasteiger charge is -2.79. The van der Waals surface area contributed by atoms with E-state index < -0.39 is 57.6 Å². The second kappa shape index (κ2) is 11.5. The maximum absolute atomic E-state index is 16.1. The lowest BCUT2D eigenvalue weighted by Crippen LogP contribution is -2.80. The smallest absolute Gasteiger partial charge is 0.159 e. The Hall–Kier alpha value is -2.27. The first-order chi connectivity index (χ1) is 26.7. The molecule has 56 heavy (non-hydrogen) atoms. The summed E-state index contributed by atoms with van der Waals surface area (Å²) < 4.78 is 0. The highest BCUT2D eigenvalue weighted by Crippen LogP contribution is 2.85. The monoisotopic (exact) mass is 760 g/mol. The Labute approximate surface area is 332 Å². The number of hydrogen-bond donors (Lipinski definition) is 5. The summed E-state index contributed by atoms with van der Waals surface area (Å²) in [6.45, 7) is 6.50. The van der Waals surface area contributed by atoms with Gasteiger partial charge in [-0.25, -0.2) is 0 Å². The summed E-state index contributed by atoms with van der Waals surface area (Å²) in [4.78, 5) is 16.1. The van der Waals surface area contributed by atoms with Crippen LogP contribution < -0.4 is 10.4 Å². The van der Waals surface area contributed by atoms with Gasteiger partial charge in [-0.3, -0.25) is 4.79 Å². The first-order valence-electron chi connectivity index (χ1n) is 22.6. The predicted molar refractivity (Wildman–Crippen MR) is 214 cm³/mol. The van der Waals surface area contributed by atoms with Gasteiger partial charge in [-0.2, -0.15) is 0 Å². The minimum absolute atomic E-state index is 0.00175. The second-order valence-corrected chi connectivity index (χ2v) is 22.2. The number of benzene rings is 1. The molecule has 0 saturated heterocycles. The van der Waals surface area contributed by atoms with E-state index in [-0.39, 0.29) is 52.1 Å². The lowest BCUT2D eigenvalue weighted by molar-refractivity contribution is -0.321. The van der Waals surface area contributed by atoms with Crippen molar-refractivity contribution >= 4 is 17.9 Å². The normalized spacial score (nSPS) is 53.3. The molecular formula is C50H64O6. The third-order valence-electron chi connectivity index (χ3n) is 20.9. The van der Waals surface area contributed by atoms with Crippen LogP contribution in [0.3, 0.4) is 0 Å². The molecule has 5 N–H and O–H groups in total. The predicted octanol–water partition coefficient (Wildman–Crippen LogP) is 5.59. The molecule has 6 heteroatoms. The summed E-state index contributed by atoms with van der Waals surface area (Å²) in [5.74, 6) is 6.65.